The van der Waals surface area contributed by atoms with Crippen LogP contribution in [-0.4, -0.2) is 35.3 Å². The fourth-order valence-corrected chi connectivity index (χ4v) is 2.97. The van der Waals surface area contributed by atoms with Crippen LogP contribution in [0.25, 0.3) is 0 Å². The lowest BCUT2D eigenvalue weighted by Gasteiger charge is -2.19. The minimum atomic E-state index is -0.718. The fraction of sp³-hybridized carbons (Fsp3) is 0.250. The van der Waals surface area contributed by atoms with Crippen LogP contribution in [-0.2, 0) is 9.59 Å². The van der Waals surface area contributed by atoms with Gasteiger partial charge in [0, 0.05) is 5.69 Å². The first kappa shape index (κ1) is 18.6. The molecule has 1 atom stereocenters. The average molecular weight is 369 g/mol. The van der Waals surface area contributed by atoms with E-state index in [0.29, 0.717) is 5.69 Å². The van der Waals surface area contributed by atoms with E-state index in [1.807, 2.05) is 19.1 Å². The lowest BCUT2D eigenvalue weighted by molar-refractivity contribution is -0.130. The van der Waals surface area contributed by atoms with Gasteiger partial charge in [-0.3, -0.25) is 19.4 Å². The number of nitrogens with zero attached hydrogens (tertiary/aromatic N) is 2. The van der Waals surface area contributed by atoms with Crippen molar-refractivity contribution < 1.29 is 18.8 Å². The SMILES string of the molecule is Cc1ccc(N2C(=O)N(CC(=O)Nc3ccc(C)cc3F)C(=O)C2C)cc1. The van der Waals surface area contributed by atoms with E-state index in [1.54, 1.807) is 32.0 Å². The Morgan fingerprint density at radius 2 is 1.70 bits per heavy atom. The molecule has 0 saturated carbocycles. The van der Waals surface area contributed by atoms with Crippen molar-refractivity contribution in [3.05, 3.63) is 59.4 Å². The molecule has 7 heteroatoms. The first-order valence-corrected chi connectivity index (χ1v) is 8.55. The maximum absolute atomic E-state index is 13.9. The smallest absolute Gasteiger partial charge is 0.322 e. The predicted octanol–water partition coefficient (Wildman–Crippen LogP) is 3.24. The molecule has 1 aliphatic rings. The van der Waals surface area contributed by atoms with Gasteiger partial charge in [0.2, 0.25) is 5.91 Å². The summed E-state index contributed by atoms with van der Waals surface area (Å²) in [4.78, 5) is 39.6. The quantitative estimate of drug-likeness (QED) is 0.841. The number of anilines is 2. The first-order valence-electron chi connectivity index (χ1n) is 8.55. The molecule has 6 nitrogen and oxygen atoms in total. The van der Waals surface area contributed by atoms with Crippen molar-refractivity contribution in [2.45, 2.75) is 26.8 Å². The van der Waals surface area contributed by atoms with E-state index in [0.717, 1.165) is 16.0 Å². The zero-order valence-corrected chi connectivity index (χ0v) is 15.3. The number of amides is 4. The Balaban J connectivity index is 1.74. The van der Waals surface area contributed by atoms with Crippen LogP contribution in [0.3, 0.4) is 0 Å². The third kappa shape index (κ3) is 3.67. The van der Waals surface area contributed by atoms with Gasteiger partial charge in [0.25, 0.3) is 5.91 Å². The maximum Gasteiger partial charge on any atom is 0.332 e. The molecule has 0 radical (unpaired) electrons. The highest BCUT2D eigenvalue weighted by atomic mass is 19.1. The Morgan fingerprint density at radius 3 is 2.33 bits per heavy atom. The summed E-state index contributed by atoms with van der Waals surface area (Å²) in [6, 6.07) is 10.3. The second-order valence-corrected chi connectivity index (χ2v) is 6.62. The Morgan fingerprint density at radius 1 is 1.07 bits per heavy atom. The van der Waals surface area contributed by atoms with Crippen molar-refractivity contribution in [1.82, 2.24) is 4.90 Å². The third-order valence-electron chi connectivity index (χ3n) is 4.46. The summed E-state index contributed by atoms with van der Waals surface area (Å²) in [6.07, 6.45) is 0. The number of urea groups is 1. The number of carbonyl (C=O) groups is 3. The van der Waals surface area contributed by atoms with Crippen molar-refractivity contribution in [1.29, 1.82) is 0 Å². The van der Waals surface area contributed by atoms with E-state index in [2.05, 4.69) is 5.32 Å². The van der Waals surface area contributed by atoms with E-state index < -0.39 is 36.2 Å². The van der Waals surface area contributed by atoms with Crippen LogP contribution in [0.5, 0.6) is 0 Å². The number of nitrogens with one attached hydrogen (secondary N) is 1. The van der Waals surface area contributed by atoms with Crippen molar-refractivity contribution in [3.63, 3.8) is 0 Å². The van der Waals surface area contributed by atoms with Crippen LogP contribution < -0.4 is 10.2 Å². The largest absolute Gasteiger partial charge is 0.332 e. The number of carbonyl (C=O) groups excluding carboxylic acids is 3. The van der Waals surface area contributed by atoms with Gasteiger partial charge in [-0.2, -0.15) is 0 Å². The number of hydrogen-bond donors (Lipinski definition) is 1. The minimum Gasteiger partial charge on any atom is -0.322 e. The van der Waals surface area contributed by atoms with Crippen LogP contribution >= 0.6 is 0 Å². The van der Waals surface area contributed by atoms with Crippen molar-refractivity contribution in [2.75, 3.05) is 16.8 Å². The number of benzene rings is 2. The third-order valence-corrected chi connectivity index (χ3v) is 4.46. The monoisotopic (exact) mass is 369 g/mol. The molecule has 1 saturated heterocycles. The van der Waals surface area contributed by atoms with Gasteiger partial charge in [-0.05, 0) is 50.6 Å². The molecule has 1 N–H and O–H groups in total. The molecule has 27 heavy (non-hydrogen) atoms. The Kier molecular flexibility index (Phi) is 4.94. The van der Waals surface area contributed by atoms with Gasteiger partial charge in [0.1, 0.15) is 18.4 Å². The topological polar surface area (TPSA) is 69.7 Å². The fourth-order valence-electron chi connectivity index (χ4n) is 2.97. The summed E-state index contributed by atoms with van der Waals surface area (Å²) in [6.45, 7) is 4.79. The summed E-state index contributed by atoms with van der Waals surface area (Å²) in [5.74, 6) is -1.69. The molecule has 3 rings (SSSR count). The number of imide groups is 1. The number of aryl methyl sites for hydroxylation is 2. The molecular weight excluding hydrogens is 349 g/mol. The Bertz CT molecular complexity index is 911. The second kappa shape index (κ2) is 7.19. The lowest BCUT2D eigenvalue weighted by atomic mass is 10.2. The molecule has 4 amide bonds. The molecule has 1 aliphatic heterocycles. The molecular formula is C20H20FN3O3. The van der Waals surface area contributed by atoms with Crippen LogP contribution in [0.1, 0.15) is 18.1 Å². The molecule has 0 aromatic heterocycles. The van der Waals surface area contributed by atoms with Crippen molar-refractivity contribution in [3.8, 4) is 0 Å². The molecule has 2 aromatic carbocycles. The van der Waals surface area contributed by atoms with Crippen molar-refractivity contribution >= 4 is 29.2 Å². The molecule has 1 unspecified atom stereocenters. The molecule has 0 spiro atoms. The Labute approximate surface area is 156 Å². The Hall–Kier alpha value is -3.22. The van der Waals surface area contributed by atoms with Gasteiger partial charge in [0.15, 0.2) is 0 Å². The van der Waals surface area contributed by atoms with Gasteiger partial charge in [-0.25, -0.2) is 9.18 Å². The molecule has 1 fully saturated rings. The highest BCUT2D eigenvalue weighted by Gasteiger charge is 2.44. The van der Waals surface area contributed by atoms with Gasteiger partial charge >= 0.3 is 6.03 Å². The molecule has 140 valence electrons. The van der Waals surface area contributed by atoms with Crippen LogP contribution in [0.4, 0.5) is 20.6 Å². The van der Waals surface area contributed by atoms with E-state index in [-0.39, 0.29) is 5.69 Å². The summed E-state index contributed by atoms with van der Waals surface area (Å²) < 4.78 is 13.9. The normalized spacial score (nSPS) is 16.8. The van der Waals surface area contributed by atoms with Gasteiger partial charge in [-0.15, -0.1) is 0 Å². The molecule has 1 heterocycles. The zero-order chi connectivity index (χ0) is 19.7. The number of halogens is 1. The van der Waals surface area contributed by atoms with Crippen LogP contribution in [0, 0.1) is 19.7 Å². The van der Waals surface area contributed by atoms with Crippen LogP contribution in [0.15, 0.2) is 42.5 Å². The summed E-state index contributed by atoms with van der Waals surface area (Å²) in [7, 11) is 0. The lowest BCUT2D eigenvalue weighted by Crippen LogP contribution is -2.39. The van der Waals surface area contributed by atoms with Gasteiger partial charge < -0.3 is 5.32 Å². The molecule has 2 aromatic rings. The van der Waals surface area contributed by atoms with Crippen LogP contribution in [0.2, 0.25) is 0 Å². The van der Waals surface area contributed by atoms with E-state index in [1.165, 1.54) is 17.0 Å². The standard InChI is InChI=1S/C20H20FN3O3/c1-12-4-7-15(8-5-12)24-14(3)19(26)23(20(24)27)11-18(25)22-17-9-6-13(2)10-16(17)21/h4-10,14H,11H2,1-3H3,(H,22,25). The van der Waals surface area contributed by atoms with E-state index >= 15 is 0 Å². The highest BCUT2D eigenvalue weighted by Crippen LogP contribution is 2.26. The summed E-state index contributed by atoms with van der Waals surface area (Å²) in [5.41, 5.74) is 2.34. The summed E-state index contributed by atoms with van der Waals surface area (Å²) >= 11 is 0. The predicted molar refractivity (Wildman–Crippen MR) is 100.0 cm³/mol. The van der Waals surface area contributed by atoms with E-state index in [4.69, 9.17) is 0 Å². The first-order chi connectivity index (χ1) is 12.8. The zero-order valence-electron chi connectivity index (χ0n) is 15.3. The second-order valence-electron chi connectivity index (χ2n) is 6.62. The minimum absolute atomic E-state index is 0.00753. The maximum atomic E-state index is 13.9. The molecule has 0 aliphatic carbocycles. The van der Waals surface area contributed by atoms with Crippen molar-refractivity contribution in [2.24, 2.45) is 0 Å². The molecule has 0 bridgehead atoms. The van der Waals surface area contributed by atoms with E-state index in [9.17, 15) is 18.8 Å². The van der Waals surface area contributed by atoms with Gasteiger partial charge in [-0.1, -0.05) is 23.8 Å². The highest BCUT2D eigenvalue weighted by molar-refractivity contribution is 6.16. The summed E-state index contributed by atoms with van der Waals surface area (Å²) in [5, 5.41) is 2.40. The van der Waals surface area contributed by atoms with Gasteiger partial charge in [0.05, 0.1) is 5.69 Å². The average Bonchev–Trinajstić information content (AvgIpc) is 2.82. The number of hydrogen-bond acceptors (Lipinski definition) is 3. The number of rotatable bonds is 4.